The van der Waals surface area contributed by atoms with Gasteiger partial charge in [-0.3, -0.25) is 9.20 Å². The van der Waals surface area contributed by atoms with Crippen LogP contribution in [0.4, 0.5) is 8.78 Å². The molecule has 4 rings (SSSR count). The molecule has 1 atom stereocenters. The quantitative estimate of drug-likeness (QED) is 0.722. The molecule has 1 aromatic carbocycles. The van der Waals surface area contributed by atoms with Crippen molar-refractivity contribution in [3.63, 3.8) is 0 Å². The van der Waals surface area contributed by atoms with E-state index in [1.165, 1.54) is 0 Å². The molecule has 1 unspecified atom stereocenters. The van der Waals surface area contributed by atoms with Crippen molar-refractivity contribution < 1.29 is 13.6 Å². The molecule has 0 spiro atoms. The number of nitrogens with zero attached hydrogens (tertiary/aromatic N) is 3. The third-order valence-corrected chi connectivity index (χ3v) is 5.05. The highest BCUT2D eigenvalue weighted by Gasteiger charge is 2.30. The summed E-state index contributed by atoms with van der Waals surface area (Å²) in [6.07, 6.45) is 4.52. The fraction of sp³-hybridized carbons (Fsp3) is 0.250. The van der Waals surface area contributed by atoms with Gasteiger partial charge in [-0.1, -0.05) is 0 Å². The van der Waals surface area contributed by atoms with Gasteiger partial charge in [0.05, 0.1) is 5.69 Å². The molecule has 1 aliphatic rings. The lowest BCUT2D eigenvalue weighted by atomic mass is 10.1. The molecule has 0 radical (unpaired) electrons. The molecule has 0 bridgehead atoms. The van der Waals surface area contributed by atoms with E-state index in [9.17, 15) is 13.6 Å². The maximum atomic E-state index is 13.3. The zero-order valence-electron chi connectivity index (χ0n) is 12.1. The number of amides is 1. The third-order valence-electron chi connectivity index (χ3n) is 4.15. The Kier molecular flexibility index (Phi) is 3.37. The highest BCUT2D eigenvalue weighted by Crippen LogP contribution is 2.31. The van der Waals surface area contributed by atoms with Gasteiger partial charge in [-0.25, -0.2) is 13.8 Å². The first-order valence-electron chi connectivity index (χ1n) is 7.27. The number of hydrogen-bond acceptors (Lipinski definition) is 3. The summed E-state index contributed by atoms with van der Waals surface area (Å²) in [5, 5.41) is 1.99. The maximum absolute atomic E-state index is 13.3. The van der Waals surface area contributed by atoms with Gasteiger partial charge in [0.15, 0.2) is 0 Å². The second-order valence-electron chi connectivity index (χ2n) is 5.64. The van der Waals surface area contributed by atoms with Crippen molar-refractivity contribution >= 4 is 22.1 Å². The molecule has 0 saturated carbocycles. The van der Waals surface area contributed by atoms with Crippen LogP contribution in [0.5, 0.6) is 0 Å². The van der Waals surface area contributed by atoms with Gasteiger partial charge in [0, 0.05) is 42.2 Å². The van der Waals surface area contributed by atoms with Crippen LogP contribution >= 0.6 is 11.3 Å². The minimum atomic E-state index is -0.738. The van der Waals surface area contributed by atoms with Crippen LogP contribution in [0.1, 0.15) is 28.4 Å². The largest absolute Gasteiger partial charge is 0.338 e. The first-order chi connectivity index (χ1) is 11.1. The van der Waals surface area contributed by atoms with Crippen molar-refractivity contribution in [3.05, 3.63) is 59.0 Å². The summed E-state index contributed by atoms with van der Waals surface area (Å²) >= 11 is 1.62. The van der Waals surface area contributed by atoms with E-state index in [1.807, 2.05) is 16.0 Å². The van der Waals surface area contributed by atoms with Gasteiger partial charge >= 0.3 is 0 Å². The Labute approximate surface area is 135 Å². The molecule has 3 aromatic rings. The molecular weight excluding hydrogens is 320 g/mol. The number of likely N-dealkylation sites (tertiary alicyclic amines) is 1. The monoisotopic (exact) mass is 333 g/mol. The van der Waals surface area contributed by atoms with Crippen LogP contribution in [0.2, 0.25) is 0 Å². The Balaban J connectivity index is 1.56. The number of aromatic nitrogens is 2. The normalized spacial score (nSPS) is 18.0. The average molecular weight is 333 g/mol. The van der Waals surface area contributed by atoms with E-state index < -0.39 is 11.6 Å². The minimum Gasteiger partial charge on any atom is -0.338 e. The van der Waals surface area contributed by atoms with E-state index in [0.717, 1.165) is 35.1 Å². The van der Waals surface area contributed by atoms with E-state index in [-0.39, 0.29) is 17.4 Å². The first kappa shape index (κ1) is 14.3. The molecule has 1 aliphatic heterocycles. The van der Waals surface area contributed by atoms with Gasteiger partial charge in [0.25, 0.3) is 5.91 Å². The van der Waals surface area contributed by atoms with Crippen LogP contribution in [-0.2, 0) is 0 Å². The smallest absolute Gasteiger partial charge is 0.254 e. The number of carbonyl (C=O) groups is 1. The molecule has 0 aliphatic carbocycles. The van der Waals surface area contributed by atoms with E-state index in [1.54, 1.807) is 22.6 Å². The van der Waals surface area contributed by atoms with Gasteiger partial charge in [-0.2, -0.15) is 0 Å². The zero-order chi connectivity index (χ0) is 16.0. The lowest BCUT2D eigenvalue weighted by Gasteiger charge is -2.16. The molecule has 2 aromatic heterocycles. The highest BCUT2D eigenvalue weighted by atomic mass is 32.1. The topological polar surface area (TPSA) is 37.6 Å². The Morgan fingerprint density at radius 2 is 2.04 bits per heavy atom. The van der Waals surface area contributed by atoms with Crippen LogP contribution in [-0.4, -0.2) is 33.3 Å². The highest BCUT2D eigenvalue weighted by molar-refractivity contribution is 7.15. The molecular formula is C16H13F2N3OS. The average Bonchev–Trinajstić information content (AvgIpc) is 3.21. The summed E-state index contributed by atoms with van der Waals surface area (Å²) in [6.45, 7) is 1.08. The zero-order valence-corrected chi connectivity index (χ0v) is 12.9. The van der Waals surface area contributed by atoms with Crippen molar-refractivity contribution in [2.45, 2.75) is 12.3 Å². The van der Waals surface area contributed by atoms with E-state index >= 15 is 0 Å². The van der Waals surface area contributed by atoms with E-state index in [2.05, 4.69) is 4.98 Å². The van der Waals surface area contributed by atoms with Crippen LogP contribution in [0, 0.1) is 11.6 Å². The minimum absolute atomic E-state index is 0.0502. The van der Waals surface area contributed by atoms with Gasteiger partial charge in [-0.05, 0) is 18.6 Å². The Morgan fingerprint density at radius 1 is 1.26 bits per heavy atom. The van der Waals surface area contributed by atoms with Crippen LogP contribution in [0.3, 0.4) is 0 Å². The standard InChI is InChI=1S/C16H13F2N3OS/c17-12-5-11(6-13(18)7-12)15(22)20-2-1-10(8-20)14-16-21(9-19-14)3-4-23-16/h3-7,9-10H,1-2,8H2. The number of imidazole rings is 1. The summed E-state index contributed by atoms with van der Waals surface area (Å²) in [5.41, 5.74) is 1.04. The molecule has 0 N–H and O–H groups in total. The number of carbonyl (C=O) groups excluding carboxylic acids is 1. The molecule has 23 heavy (non-hydrogen) atoms. The van der Waals surface area contributed by atoms with Crippen molar-refractivity contribution in [3.8, 4) is 0 Å². The molecule has 3 heterocycles. The molecule has 1 saturated heterocycles. The van der Waals surface area contributed by atoms with Crippen LogP contribution < -0.4 is 0 Å². The molecule has 7 heteroatoms. The number of thiazole rings is 1. The lowest BCUT2D eigenvalue weighted by molar-refractivity contribution is 0.0789. The predicted molar refractivity (Wildman–Crippen MR) is 82.7 cm³/mol. The number of rotatable bonds is 2. The number of fused-ring (bicyclic) bond motifs is 1. The Morgan fingerprint density at radius 3 is 2.83 bits per heavy atom. The second-order valence-corrected chi connectivity index (χ2v) is 6.53. The van der Waals surface area contributed by atoms with Crippen LogP contribution in [0.25, 0.3) is 4.83 Å². The van der Waals surface area contributed by atoms with Crippen molar-refractivity contribution in [1.29, 1.82) is 0 Å². The van der Waals surface area contributed by atoms with Gasteiger partial charge in [0.1, 0.15) is 22.8 Å². The third kappa shape index (κ3) is 2.50. The molecule has 4 nitrogen and oxygen atoms in total. The summed E-state index contributed by atoms with van der Waals surface area (Å²) in [6, 6.07) is 2.92. The van der Waals surface area contributed by atoms with Gasteiger partial charge < -0.3 is 4.90 Å². The Hall–Kier alpha value is -2.28. The van der Waals surface area contributed by atoms with Crippen molar-refractivity contribution in [2.75, 3.05) is 13.1 Å². The van der Waals surface area contributed by atoms with E-state index in [0.29, 0.717) is 13.1 Å². The lowest BCUT2D eigenvalue weighted by Crippen LogP contribution is -2.28. The molecule has 1 fully saturated rings. The van der Waals surface area contributed by atoms with Gasteiger partial charge in [-0.15, -0.1) is 11.3 Å². The number of benzene rings is 1. The predicted octanol–water partition coefficient (Wildman–Crippen LogP) is 3.30. The summed E-state index contributed by atoms with van der Waals surface area (Å²) in [5.74, 6) is -1.66. The fourth-order valence-corrected chi connectivity index (χ4v) is 3.95. The number of halogens is 2. The first-order valence-corrected chi connectivity index (χ1v) is 8.15. The van der Waals surface area contributed by atoms with Crippen molar-refractivity contribution in [2.24, 2.45) is 0 Å². The summed E-state index contributed by atoms with van der Waals surface area (Å²) in [7, 11) is 0. The second kappa shape index (κ2) is 5.42. The number of hydrogen-bond donors (Lipinski definition) is 0. The maximum Gasteiger partial charge on any atom is 0.254 e. The molecule has 118 valence electrons. The van der Waals surface area contributed by atoms with Crippen molar-refractivity contribution in [1.82, 2.24) is 14.3 Å². The molecule has 1 amide bonds. The van der Waals surface area contributed by atoms with Gasteiger partial charge in [0.2, 0.25) is 0 Å². The fourth-order valence-electron chi connectivity index (χ4n) is 3.06. The summed E-state index contributed by atoms with van der Waals surface area (Å²) in [4.78, 5) is 19.6. The Bertz CT molecular complexity index is 868. The summed E-state index contributed by atoms with van der Waals surface area (Å²) < 4.78 is 28.5. The SMILES string of the molecule is O=C(c1cc(F)cc(F)c1)N1CCC(c2ncn3ccsc23)C1. The van der Waals surface area contributed by atoms with Crippen LogP contribution in [0.15, 0.2) is 36.1 Å². The van der Waals surface area contributed by atoms with E-state index in [4.69, 9.17) is 0 Å².